The van der Waals surface area contributed by atoms with Crippen LogP contribution in [0, 0.1) is 0 Å². The van der Waals surface area contributed by atoms with Crippen LogP contribution in [0.1, 0.15) is 29.0 Å². The van der Waals surface area contributed by atoms with Gasteiger partial charge in [0.05, 0.1) is 23.8 Å². The van der Waals surface area contributed by atoms with E-state index >= 15 is 0 Å². The Morgan fingerprint density at radius 3 is 2.70 bits per heavy atom. The molecule has 2 aliphatic rings. The Balaban J connectivity index is 0.000000269. The van der Waals surface area contributed by atoms with Gasteiger partial charge in [-0.1, -0.05) is 0 Å². The molecule has 1 aromatic rings. The summed E-state index contributed by atoms with van der Waals surface area (Å²) >= 11 is 0. The minimum Gasteiger partial charge on any atom is -0.368 e. The van der Waals surface area contributed by atoms with E-state index in [0.717, 1.165) is 10.7 Å². The molecular weight excluding hydrogens is 418 g/mol. The Bertz CT molecular complexity index is 915. The highest BCUT2D eigenvalue weighted by Crippen LogP contribution is 2.18. The number of hydrogen-bond acceptors (Lipinski definition) is 8. The molecule has 2 saturated heterocycles. The molecule has 2 fully saturated rings. The number of carbonyl (C=O) groups excluding carboxylic acids is 4. The summed E-state index contributed by atoms with van der Waals surface area (Å²) in [5, 5.41) is 2.40. The summed E-state index contributed by atoms with van der Waals surface area (Å²) < 4.78 is 22.4. The third-order valence-corrected chi connectivity index (χ3v) is 6.52. The first-order valence-electron chi connectivity index (χ1n) is 9.15. The van der Waals surface area contributed by atoms with E-state index in [2.05, 4.69) is 15.3 Å². The fraction of sp³-hybridized carbons (Fsp3) is 0.562. The normalized spacial score (nSPS) is 21.3. The van der Waals surface area contributed by atoms with Crippen LogP contribution in [0.2, 0.25) is 0 Å². The summed E-state index contributed by atoms with van der Waals surface area (Å²) in [6.45, 7) is 0.687. The first-order valence-corrected chi connectivity index (χ1v) is 10.8. The van der Waals surface area contributed by atoms with Gasteiger partial charge in [0.1, 0.15) is 11.7 Å². The van der Waals surface area contributed by atoms with E-state index in [9.17, 15) is 27.6 Å². The molecular formula is C16H25N7O6S. The first kappa shape index (κ1) is 23.3. The maximum Gasteiger partial charge on any atom is 0.330 e. The van der Waals surface area contributed by atoms with E-state index in [4.69, 9.17) is 11.5 Å². The van der Waals surface area contributed by atoms with Crippen molar-refractivity contribution in [2.75, 3.05) is 25.9 Å². The number of nitrogens with zero attached hydrogens (tertiary/aromatic N) is 3. The van der Waals surface area contributed by atoms with Crippen molar-refractivity contribution in [1.29, 1.82) is 0 Å². The lowest BCUT2D eigenvalue weighted by molar-refractivity contribution is -0.138. The lowest BCUT2D eigenvalue weighted by atomic mass is 10.1. The number of imidazole rings is 1. The maximum atomic E-state index is 12.3. The number of H-pyrrole nitrogens is 1. The highest BCUT2D eigenvalue weighted by atomic mass is 32.2. The van der Waals surface area contributed by atoms with Crippen molar-refractivity contribution in [3.63, 3.8) is 0 Å². The molecule has 0 bridgehead atoms. The predicted octanol–water partition coefficient (Wildman–Crippen LogP) is -2.46. The number of amides is 4. The second-order valence-corrected chi connectivity index (χ2v) is 8.92. The van der Waals surface area contributed by atoms with Crippen molar-refractivity contribution < 1.29 is 27.6 Å². The molecule has 30 heavy (non-hydrogen) atoms. The van der Waals surface area contributed by atoms with Crippen molar-refractivity contribution in [1.82, 2.24) is 24.5 Å². The summed E-state index contributed by atoms with van der Waals surface area (Å²) in [5.41, 5.74) is 11.9. The van der Waals surface area contributed by atoms with Crippen LogP contribution in [0.5, 0.6) is 0 Å². The average Bonchev–Trinajstić information content (AvgIpc) is 3.35. The monoisotopic (exact) mass is 443 g/mol. The third kappa shape index (κ3) is 5.33. The van der Waals surface area contributed by atoms with E-state index < -0.39 is 34.0 Å². The molecule has 3 rings (SSSR count). The van der Waals surface area contributed by atoms with Crippen LogP contribution in [-0.4, -0.2) is 89.7 Å². The average molecular weight is 443 g/mol. The number of nitrogens with two attached hydrogens (primary N) is 2. The number of aromatic nitrogens is 2. The second-order valence-electron chi connectivity index (χ2n) is 6.80. The van der Waals surface area contributed by atoms with E-state index in [1.807, 2.05) is 0 Å². The molecule has 0 saturated carbocycles. The highest BCUT2D eigenvalue weighted by Gasteiger charge is 2.35. The third-order valence-electron chi connectivity index (χ3n) is 4.80. The Labute approximate surface area is 173 Å². The minimum absolute atomic E-state index is 0.00472. The van der Waals surface area contributed by atoms with Gasteiger partial charge in [0.2, 0.25) is 21.8 Å². The lowest BCUT2D eigenvalue weighted by Gasteiger charge is -2.25. The SMILES string of the molecule is CN1C(=O)NCCS1(=O)=O.NC(=O)[C@@H]1CCCN1C(=O)[C@@H](N)Cc1nc[nH]c1C=O. The van der Waals surface area contributed by atoms with Gasteiger partial charge in [-0.05, 0) is 12.8 Å². The molecule has 2 aliphatic heterocycles. The van der Waals surface area contributed by atoms with Gasteiger partial charge in [-0.2, -0.15) is 0 Å². The van der Waals surface area contributed by atoms with Crippen molar-refractivity contribution in [2.45, 2.75) is 31.3 Å². The largest absolute Gasteiger partial charge is 0.368 e. The Morgan fingerprint density at radius 1 is 1.43 bits per heavy atom. The van der Waals surface area contributed by atoms with Gasteiger partial charge in [-0.3, -0.25) is 14.4 Å². The van der Waals surface area contributed by atoms with Gasteiger partial charge >= 0.3 is 6.03 Å². The highest BCUT2D eigenvalue weighted by molar-refractivity contribution is 7.89. The standard InChI is InChI=1S/C12H17N5O3.C4H8N2O3S/c13-7(4-8-9(5-18)16-6-15-8)12(20)17-3-1-2-10(17)11(14)19;1-6-4(7)5-2-3-10(6,8)9/h5-7,10H,1-4,13H2,(H2,14,19)(H,15,16);2-3H2,1H3,(H,5,7)/t7-,10-;/m0./s1. The van der Waals surface area contributed by atoms with Crippen LogP contribution < -0.4 is 16.8 Å². The molecule has 14 heteroatoms. The fourth-order valence-electron chi connectivity index (χ4n) is 3.09. The Morgan fingerprint density at radius 2 is 2.13 bits per heavy atom. The lowest BCUT2D eigenvalue weighted by Crippen LogP contribution is -2.50. The van der Waals surface area contributed by atoms with Gasteiger partial charge in [0, 0.05) is 26.6 Å². The van der Waals surface area contributed by atoms with Gasteiger partial charge < -0.3 is 26.7 Å². The van der Waals surface area contributed by atoms with E-state index in [-0.39, 0.29) is 24.6 Å². The molecule has 13 nitrogen and oxygen atoms in total. The number of likely N-dealkylation sites (tertiary alicyclic amines) is 1. The summed E-state index contributed by atoms with van der Waals surface area (Å²) in [5.74, 6) is -0.863. The van der Waals surface area contributed by atoms with Gasteiger partial charge in [-0.25, -0.2) is 22.5 Å². The number of aldehydes is 1. The van der Waals surface area contributed by atoms with Crippen molar-refractivity contribution in [3.8, 4) is 0 Å². The molecule has 4 amide bonds. The van der Waals surface area contributed by atoms with Crippen LogP contribution in [0.3, 0.4) is 0 Å². The van der Waals surface area contributed by atoms with E-state index in [1.54, 1.807) is 0 Å². The number of primary amides is 1. The molecule has 6 N–H and O–H groups in total. The fourth-order valence-corrected chi connectivity index (χ4v) is 4.04. The van der Waals surface area contributed by atoms with Gasteiger partial charge in [-0.15, -0.1) is 0 Å². The number of urea groups is 1. The smallest absolute Gasteiger partial charge is 0.330 e. The summed E-state index contributed by atoms with van der Waals surface area (Å²) in [7, 11) is -2.05. The summed E-state index contributed by atoms with van der Waals surface area (Å²) in [6.07, 6.45) is 3.43. The molecule has 0 unspecified atom stereocenters. The Hall–Kier alpha value is -3.00. The van der Waals surface area contributed by atoms with Crippen LogP contribution >= 0.6 is 0 Å². The number of carbonyl (C=O) groups is 4. The number of rotatable bonds is 5. The first-order chi connectivity index (χ1) is 14.1. The zero-order valence-electron chi connectivity index (χ0n) is 16.4. The topological polar surface area (TPSA) is 202 Å². The van der Waals surface area contributed by atoms with Crippen LogP contribution in [-0.2, 0) is 26.0 Å². The zero-order chi connectivity index (χ0) is 22.5. The van der Waals surface area contributed by atoms with Crippen LogP contribution in [0.15, 0.2) is 6.33 Å². The molecule has 0 spiro atoms. The minimum atomic E-state index is -3.29. The molecule has 3 heterocycles. The van der Waals surface area contributed by atoms with E-state index in [0.29, 0.717) is 30.6 Å². The number of hydrogen-bond donors (Lipinski definition) is 4. The molecule has 1 aromatic heterocycles. The van der Waals surface area contributed by atoms with Gasteiger partial charge in [0.25, 0.3) is 0 Å². The molecule has 166 valence electrons. The van der Waals surface area contributed by atoms with E-state index in [1.165, 1.54) is 18.3 Å². The number of aromatic amines is 1. The predicted molar refractivity (Wildman–Crippen MR) is 105 cm³/mol. The number of nitrogens with one attached hydrogen (secondary N) is 2. The molecule has 2 atom stereocenters. The summed E-state index contributed by atoms with van der Waals surface area (Å²) in [6, 6.07) is -1.98. The van der Waals surface area contributed by atoms with Crippen molar-refractivity contribution in [3.05, 3.63) is 17.7 Å². The van der Waals surface area contributed by atoms with Crippen molar-refractivity contribution >= 4 is 34.2 Å². The quantitative estimate of drug-likeness (QED) is 0.359. The van der Waals surface area contributed by atoms with Crippen LogP contribution in [0.25, 0.3) is 0 Å². The zero-order valence-corrected chi connectivity index (χ0v) is 17.2. The van der Waals surface area contributed by atoms with Crippen molar-refractivity contribution in [2.24, 2.45) is 11.5 Å². The molecule has 0 radical (unpaired) electrons. The van der Waals surface area contributed by atoms with Gasteiger partial charge in [0.15, 0.2) is 6.29 Å². The Kier molecular flexibility index (Phi) is 7.50. The molecule has 0 aromatic carbocycles. The van der Waals surface area contributed by atoms with Crippen LogP contribution in [0.4, 0.5) is 4.79 Å². The summed E-state index contributed by atoms with van der Waals surface area (Å²) in [4.78, 5) is 53.0. The second kappa shape index (κ2) is 9.67. The number of sulfonamides is 1. The molecule has 0 aliphatic carbocycles. The maximum absolute atomic E-state index is 12.3.